The fraction of sp³-hybridized carbons (Fsp3) is 0. The molecule has 0 amide bonds. The summed E-state index contributed by atoms with van der Waals surface area (Å²) in [6.07, 6.45) is 0. The van der Waals surface area contributed by atoms with Gasteiger partial charge >= 0.3 is 140 Å². The Balaban J connectivity index is -0.00000000533. The Kier molecular flexibility index (Phi) is 98.2. The van der Waals surface area contributed by atoms with Gasteiger partial charge < -0.3 is 20.2 Å². The van der Waals surface area contributed by atoms with Gasteiger partial charge in [0.1, 0.15) is 0 Å². The molecule has 0 rings (SSSR count). The van der Waals surface area contributed by atoms with Crippen molar-refractivity contribution in [2.45, 2.75) is 0 Å². The molecule has 0 spiro atoms. The molecule has 11 heavy (non-hydrogen) atoms. The van der Waals surface area contributed by atoms with E-state index in [4.69, 9.17) is 19.2 Å². The molecule has 0 aliphatic heterocycles. The molecule has 0 heterocycles. The molecule has 5 N–H and O–H groups in total. The third-order valence-corrected chi connectivity index (χ3v) is 0. The average molecular weight is 309 g/mol. The van der Waals surface area contributed by atoms with Crippen LogP contribution >= 0.6 is 20.2 Å². The molecule has 0 aromatic carbocycles. The first-order valence-electron chi connectivity index (χ1n) is 0.783. The SMILES string of the molecule is Cl.O.O=P(O)(O)O.[Cr].[KH].[KH].[NaH]. The van der Waals surface area contributed by atoms with Crippen LogP contribution in [0.3, 0.4) is 0 Å². The first-order valence-corrected chi connectivity index (χ1v) is 2.35. The molecule has 0 radical (unpaired) electrons. The van der Waals surface area contributed by atoms with Crippen LogP contribution < -0.4 is 0 Å². The monoisotopic (exact) mass is 308 g/mol. The molecule has 5 nitrogen and oxygen atoms in total. The Labute approximate surface area is 189 Å². The fourth-order valence-corrected chi connectivity index (χ4v) is 0. The molecule has 0 bridgehead atoms. The van der Waals surface area contributed by atoms with Gasteiger partial charge in [-0.3, -0.25) is 0 Å². The van der Waals surface area contributed by atoms with E-state index in [0.29, 0.717) is 0 Å². The number of hydrogen-bond acceptors (Lipinski definition) is 1. The van der Waals surface area contributed by atoms with Gasteiger partial charge in [0.25, 0.3) is 0 Å². The van der Waals surface area contributed by atoms with Gasteiger partial charge in [-0.1, -0.05) is 0 Å². The molecule has 0 fully saturated rings. The molecule has 60 valence electrons. The number of rotatable bonds is 0. The quantitative estimate of drug-likeness (QED) is 0.322. The van der Waals surface area contributed by atoms with Gasteiger partial charge in [-0.15, -0.1) is 12.4 Å². The summed E-state index contributed by atoms with van der Waals surface area (Å²) >= 11 is 0. The Morgan fingerprint density at radius 3 is 1.00 bits per heavy atom. The molecule has 0 atom stereocenters. The topological polar surface area (TPSA) is 109 Å². The molecule has 0 aliphatic rings. The van der Waals surface area contributed by atoms with E-state index in [0.717, 1.165) is 0 Å². The molecule has 0 unspecified atom stereocenters. The third-order valence-electron chi connectivity index (χ3n) is 0. The van der Waals surface area contributed by atoms with Gasteiger partial charge in [-0.2, -0.15) is 0 Å². The standard InChI is InChI=1S/ClH.Cr.2K.Na.H3O4P.H2O.3H/c;;;;;1-5(2,3)4;;;;/h1H;;;;;(H3,1,2,3,4);1H2;;;. The van der Waals surface area contributed by atoms with Crippen LogP contribution in [0.15, 0.2) is 0 Å². The van der Waals surface area contributed by atoms with Crippen molar-refractivity contribution in [1.82, 2.24) is 0 Å². The second-order valence-electron chi connectivity index (χ2n) is 0.513. The van der Waals surface area contributed by atoms with Crippen molar-refractivity contribution in [3.8, 4) is 0 Å². The van der Waals surface area contributed by atoms with E-state index in [-0.39, 0.29) is 168 Å². The van der Waals surface area contributed by atoms with Crippen LogP contribution in [0.4, 0.5) is 0 Å². The first-order chi connectivity index (χ1) is 2.00. The van der Waals surface area contributed by atoms with Gasteiger partial charge in [0.05, 0.1) is 0 Å². The summed E-state index contributed by atoms with van der Waals surface area (Å²) in [7, 11) is -4.64. The number of halogens is 1. The predicted molar refractivity (Wildman–Crippen MR) is 46.6 cm³/mol. The zero-order valence-electron chi connectivity index (χ0n) is 3.51. The molecule has 0 saturated carbocycles. The molecular formula is H9ClCrK2NaO5P. The van der Waals surface area contributed by atoms with Crippen LogP contribution in [0.5, 0.6) is 0 Å². The van der Waals surface area contributed by atoms with Gasteiger partial charge in [0, 0.05) is 17.4 Å². The first kappa shape index (κ1) is 44.3. The molecule has 0 aliphatic carbocycles. The van der Waals surface area contributed by atoms with Crippen molar-refractivity contribution >= 4 is 153 Å². The Morgan fingerprint density at radius 2 is 1.00 bits per heavy atom. The second-order valence-corrected chi connectivity index (χ2v) is 1.54. The van der Waals surface area contributed by atoms with Crippen molar-refractivity contribution in [3.05, 3.63) is 0 Å². The van der Waals surface area contributed by atoms with E-state index in [9.17, 15) is 0 Å². The van der Waals surface area contributed by atoms with Crippen molar-refractivity contribution in [2.75, 3.05) is 0 Å². The zero-order chi connectivity index (χ0) is 4.50. The average Bonchev–Trinajstić information content (AvgIpc) is 0.722. The second kappa shape index (κ2) is 24.4. The van der Waals surface area contributed by atoms with Crippen LogP contribution in [0, 0.1) is 0 Å². The van der Waals surface area contributed by atoms with Crippen LogP contribution in [0.2, 0.25) is 0 Å². The number of hydrogen-bond donors (Lipinski definition) is 3. The van der Waals surface area contributed by atoms with Crippen LogP contribution in [0.1, 0.15) is 0 Å². The normalized spacial score (nSPS) is 5.36. The summed E-state index contributed by atoms with van der Waals surface area (Å²) in [5.74, 6) is 0. The van der Waals surface area contributed by atoms with E-state index in [1.165, 1.54) is 0 Å². The van der Waals surface area contributed by atoms with Gasteiger partial charge in [0.15, 0.2) is 0 Å². The van der Waals surface area contributed by atoms with E-state index in [1.54, 1.807) is 0 Å². The molecule has 0 aromatic rings. The van der Waals surface area contributed by atoms with Crippen molar-refractivity contribution in [2.24, 2.45) is 0 Å². The summed E-state index contributed by atoms with van der Waals surface area (Å²) in [6.45, 7) is 0. The van der Waals surface area contributed by atoms with Crippen LogP contribution in [0.25, 0.3) is 0 Å². The molecular weight excluding hydrogens is 300 g/mol. The van der Waals surface area contributed by atoms with Crippen molar-refractivity contribution < 1.29 is 42.1 Å². The predicted octanol–water partition coefficient (Wildman–Crippen LogP) is -3.28. The van der Waals surface area contributed by atoms with E-state index in [2.05, 4.69) is 0 Å². The molecule has 0 aromatic heterocycles. The Hall–Kier alpha value is 5.17. The maximum atomic E-state index is 8.88. The molecule has 11 heteroatoms. The zero-order valence-corrected chi connectivity index (χ0v) is 6.50. The minimum atomic E-state index is -4.64. The Bertz CT molecular complexity index is 70.6. The summed E-state index contributed by atoms with van der Waals surface area (Å²) in [5.41, 5.74) is 0. The van der Waals surface area contributed by atoms with E-state index in [1.807, 2.05) is 0 Å². The fourth-order valence-electron chi connectivity index (χ4n) is 0. The summed E-state index contributed by atoms with van der Waals surface area (Å²) in [6, 6.07) is 0. The van der Waals surface area contributed by atoms with Crippen LogP contribution in [-0.4, -0.2) is 152 Å². The van der Waals surface area contributed by atoms with Gasteiger partial charge in [-0.05, 0) is 0 Å². The molecule has 0 saturated heterocycles. The van der Waals surface area contributed by atoms with E-state index >= 15 is 0 Å². The van der Waals surface area contributed by atoms with E-state index < -0.39 is 7.82 Å². The van der Waals surface area contributed by atoms with Crippen molar-refractivity contribution in [3.63, 3.8) is 0 Å². The summed E-state index contributed by atoms with van der Waals surface area (Å²) in [5, 5.41) is 0. The van der Waals surface area contributed by atoms with Gasteiger partial charge in [-0.25, -0.2) is 4.57 Å². The summed E-state index contributed by atoms with van der Waals surface area (Å²) < 4.78 is 8.88. The minimum absolute atomic E-state index is 0. The third kappa shape index (κ3) is 98.5. The van der Waals surface area contributed by atoms with Crippen LogP contribution in [-0.2, 0) is 21.9 Å². The van der Waals surface area contributed by atoms with Crippen molar-refractivity contribution in [1.29, 1.82) is 0 Å². The number of phosphoric acid groups is 1. The Morgan fingerprint density at radius 1 is 1.00 bits per heavy atom. The summed E-state index contributed by atoms with van der Waals surface area (Å²) in [4.78, 5) is 21.6. The maximum absolute atomic E-state index is 8.88. The van der Waals surface area contributed by atoms with Gasteiger partial charge in [0.2, 0.25) is 0 Å².